The van der Waals surface area contributed by atoms with Crippen LogP contribution >= 0.6 is 0 Å². The SMILES string of the molecule is COc1ccc(C(=O)NC2(CN)CCCCC2)c(F)c1. The summed E-state index contributed by atoms with van der Waals surface area (Å²) in [7, 11) is 1.46. The normalized spacial score (nSPS) is 17.6. The van der Waals surface area contributed by atoms with Crippen molar-refractivity contribution >= 4 is 5.91 Å². The second-order valence-corrected chi connectivity index (χ2v) is 5.35. The number of hydrogen-bond donors (Lipinski definition) is 2. The molecule has 0 aromatic heterocycles. The number of benzene rings is 1. The van der Waals surface area contributed by atoms with Gasteiger partial charge in [-0.25, -0.2) is 4.39 Å². The number of ether oxygens (including phenoxy) is 1. The molecule has 0 bridgehead atoms. The van der Waals surface area contributed by atoms with Crippen LogP contribution in [0.4, 0.5) is 4.39 Å². The van der Waals surface area contributed by atoms with Gasteiger partial charge in [-0.05, 0) is 25.0 Å². The van der Waals surface area contributed by atoms with E-state index in [4.69, 9.17) is 10.5 Å². The van der Waals surface area contributed by atoms with Gasteiger partial charge in [0.2, 0.25) is 0 Å². The number of nitrogens with one attached hydrogen (secondary N) is 1. The molecule has 1 aliphatic rings. The zero-order valence-corrected chi connectivity index (χ0v) is 11.7. The van der Waals surface area contributed by atoms with Crippen molar-refractivity contribution in [1.29, 1.82) is 0 Å². The van der Waals surface area contributed by atoms with Crippen molar-refractivity contribution in [3.63, 3.8) is 0 Å². The maximum absolute atomic E-state index is 13.9. The number of hydrogen-bond acceptors (Lipinski definition) is 3. The van der Waals surface area contributed by atoms with E-state index in [0.29, 0.717) is 12.3 Å². The Morgan fingerprint density at radius 1 is 1.40 bits per heavy atom. The van der Waals surface area contributed by atoms with E-state index in [0.717, 1.165) is 32.1 Å². The Morgan fingerprint density at radius 3 is 2.65 bits per heavy atom. The van der Waals surface area contributed by atoms with Crippen LogP contribution in [0.5, 0.6) is 5.75 Å². The number of rotatable bonds is 4. The summed E-state index contributed by atoms with van der Waals surface area (Å²) < 4.78 is 18.8. The number of amides is 1. The zero-order chi connectivity index (χ0) is 14.6. The van der Waals surface area contributed by atoms with E-state index in [-0.39, 0.29) is 11.1 Å². The fourth-order valence-electron chi connectivity index (χ4n) is 2.72. The molecule has 0 aliphatic heterocycles. The maximum Gasteiger partial charge on any atom is 0.254 e. The first-order valence-corrected chi connectivity index (χ1v) is 6.96. The predicted octanol–water partition coefficient (Wildman–Crippen LogP) is 2.23. The Morgan fingerprint density at radius 2 is 2.10 bits per heavy atom. The van der Waals surface area contributed by atoms with Crippen molar-refractivity contribution in [3.05, 3.63) is 29.6 Å². The minimum atomic E-state index is -0.579. The van der Waals surface area contributed by atoms with Crippen molar-refractivity contribution in [3.8, 4) is 5.75 Å². The van der Waals surface area contributed by atoms with Crippen molar-refractivity contribution in [2.24, 2.45) is 5.73 Å². The van der Waals surface area contributed by atoms with Crippen molar-refractivity contribution < 1.29 is 13.9 Å². The minimum absolute atomic E-state index is 0.0317. The van der Waals surface area contributed by atoms with Crippen molar-refractivity contribution in [2.75, 3.05) is 13.7 Å². The van der Waals surface area contributed by atoms with E-state index in [1.165, 1.54) is 19.2 Å². The molecular formula is C15H21FN2O2. The van der Waals surface area contributed by atoms with Crippen LogP contribution in [0.3, 0.4) is 0 Å². The smallest absolute Gasteiger partial charge is 0.254 e. The Balaban J connectivity index is 2.14. The molecule has 2 rings (SSSR count). The molecule has 20 heavy (non-hydrogen) atoms. The van der Waals surface area contributed by atoms with Gasteiger partial charge in [-0.15, -0.1) is 0 Å². The number of carbonyl (C=O) groups excluding carboxylic acids is 1. The van der Waals surface area contributed by atoms with Crippen LogP contribution in [0.25, 0.3) is 0 Å². The molecule has 0 heterocycles. The third-order valence-electron chi connectivity index (χ3n) is 4.00. The lowest BCUT2D eigenvalue weighted by Crippen LogP contribution is -2.54. The van der Waals surface area contributed by atoms with E-state index in [1.54, 1.807) is 6.07 Å². The van der Waals surface area contributed by atoms with Gasteiger partial charge in [-0.1, -0.05) is 19.3 Å². The van der Waals surface area contributed by atoms with E-state index >= 15 is 0 Å². The lowest BCUT2D eigenvalue weighted by atomic mass is 9.81. The summed E-state index contributed by atoms with van der Waals surface area (Å²) in [6.45, 7) is 0.385. The molecule has 0 unspecified atom stereocenters. The molecule has 1 amide bonds. The highest BCUT2D eigenvalue weighted by molar-refractivity contribution is 5.95. The standard InChI is InChI=1S/C15H21FN2O2/c1-20-11-5-6-12(13(16)9-11)14(19)18-15(10-17)7-3-2-4-8-15/h5-6,9H,2-4,7-8,10,17H2,1H3,(H,18,19). The largest absolute Gasteiger partial charge is 0.497 e. The van der Waals surface area contributed by atoms with E-state index in [2.05, 4.69) is 5.32 Å². The van der Waals surface area contributed by atoms with E-state index < -0.39 is 11.7 Å². The number of carbonyl (C=O) groups is 1. The second-order valence-electron chi connectivity index (χ2n) is 5.35. The highest BCUT2D eigenvalue weighted by Gasteiger charge is 2.32. The van der Waals surface area contributed by atoms with Crippen LogP contribution < -0.4 is 15.8 Å². The predicted molar refractivity (Wildman–Crippen MR) is 75.3 cm³/mol. The fraction of sp³-hybridized carbons (Fsp3) is 0.533. The summed E-state index contributed by atoms with van der Waals surface area (Å²) in [4.78, 5) is 12.2. The van der Waals surface area contributed by atoms with Gasteiger partial charge in [0.1, 0.15) is 11.6 Å². The summed E-state index contributed by atoms with van der Waals surface area (Å²) in [5.41, 5.74) is 5.46. The average molecular weight is 280 g/mol. The lowest BCUT2D eigenvalue weighted by molar-refractivity contribution is 0.0870. The molecule has 0 saturated heterocycles. The lowest BCUT2D eigenvalue weighted by Gasteiger charge is -2.37. The Labute approximate surface area is 118 Å². The van der Waals surface area contributed by atoms with Crippen LogP contribution in [0.2, 0.25) is 0 Å². The number of methoxy groups -OCH3 is 1. The zero-order valence-electron chi connectivity index (χ0n) is 11.7. The molecule has 1 aromatic rings. The van der Waals surface area contributed by atoms with Crippen LogP contribution in [0, 0.1) is 5.82 Å². The van der Waals surface area contributed by atoms with Crippen molar-refractivity contribution in [1.82, 2.24) is 5.32 Å². The quantitative estimate of drug-likeness (QED) is 0.889. The summed E-state index contributed by atoms with van der Waals surface area (Å²) >= 11 is 0. The third kappa shape index (κ3) is 3.10. The summed E-state index contributed by atoms with van der Waals surface area (Å²) in [6.07, 6.45) is 4.96. The Kier molecular flexibility index (Phi) is 4.60. The first-order chi connectivity index (χ1) is 9.60. The summed E-state index contributed by atoms with van der Waals surface area (Å²) in [6, 6.07) is 4.23. The highest BCUT2D eigenvalue weighted by Crippen LogP contribution is 2.28. The van der Waals surface area contributed by atoms with Gasteiger partial charge >= 0.3 is 0 Å². The van der Waals surface area contributed by atoms with Crippen molar-refractivity contribution in [2.45, 2.75) is 37.6 Å². The highest BCUT2D eigenvalue weighted by atomic mass is 19.1. The number of nitrogens with two attached hydrogens (primary N) is 1. The molecule has 1 fully saturated rings. The van der Waals surface area contributed by atoms with E-state index in [1.807, 2.05) is 0 Å². The Bertz CT molecular complexity index is 485. The average Bonchev–Trinajstić information content (AvgIpc) is 2.47. The summed E-state index contributed by atoms with van der Waals surface area (Å²) in [5, 5.41) is 2.93. The maximum atomic E-state index is 13.9. The van der Waals surface area contributed by atoms with Gasteiger partial charge in [0, 0.05) is 12.6 Å². The van der Waals surface area contributed by atoms with Gasteiger partial charge in [0.15, 0.2) is 0 Å². The van der Waals surface area contributed by atoms with Gasteiger partial charge in [-0.2, -0.15) is 0 Å². The van der Waals surface area contributed by atoms with E-state index in [9.17, 15) is 9.18 Å². The Hall–Kier alpha value is -1.62. The minimum Gasteiger partial charge on any atom is -0.497 e. The molecule has 1 saturated carbocycles. The van der Waals surface area contributed by atoms with Crippen LogP contribution in [0.1, 0.15) is 42.5 Å². The molecule has 0 radical (unpaired) electrons. The molecule has 5 heteroatoms. The first kappa shape index (κ1) is 14.8. The molecule has 1 aromatic carbocycles. The van der Waals surface area contributed by atoms with Gasteiger partial charge < -0.3 is 15.8 Å². The van der Waals surface area contributed by atoms with Crippen LogP contribution in [0.15, 0.2) is 18.2 Å². The molecule has 0 atom stereocenters. The summed E-state index contributed by atoms with van der Waals surface area (Å²) in [5.74, 6) is -0.590. The third-order valence-corrected chi connectivity index (χ3v) is 4.00. The molecular weight excluding hydrogens is 259 g/mol. The van der Waals surface area contributed by atoms with Gasteiger partial charge in [-0.3, -0.25) is 4.79 Å². The molecule has 3 N–H and O–H groups in total. The number of halogens is 1. The van der Waals surface area contributed by atoms with Crippen LogP contribution in [-0.4, -0.2) is 25.1 Å². The molecule has 0 spiro atoms. The molecule has 1 aliphatic carbocycles. The first-order valence-electron chi connectivity index (χ1n) is 6.96. The fourth-order valence-corrected chi connectivity index (χ4v) is 2.72. The van der Waals surface area contributed by atoms with Gasteiger partial charge in [0.25, 0.3) is 5.91 Å². The molecule has 4 nitrogen and oxygen atoms in total. The second kappa shape index (κ2) is 6.22. The topological polar surface area (TPSA) is 64.3 Å². The monoisotopic (exact) mass is 280 g/mol. The van der Waals surface area contributed by atoms with Gasteiger partial charge in [0.05, 0.1) is 18.2 Å². The molecule has 110 valence electrons. The van der Waals surface area contributed by atoms with Crippen LogP contribution in [-0.2, 0) is 0 Å².